The van der Waals surface area contributed by atoms with E-state index < -0.39 is 0 Å². The van der Waals surface area contributed by atoms with Crippen LogP contribution >= 0.6 is 0 Å². The molecule has 6 nitrogen and oxygen atoms in total. The van der Waals surface area contributed by atoms with Gasteiger partial charge in [-0.2, -0.15) is 0 Å². The molecule has 1 heterocycles. The van der Waals surface area contributed by atoms with Crippen molar-refractivity contribution in [2.75, 3.05) is 45.9 Å². The monoisotopic (exact) mass is 458 g/mol. The molecule has 0 N–H and O–H groups in total. The maximum Gasteiger partial charge on any atom is 0.308 e. The third-order valence-corrected chi connectivity index (χ3v) is 6.17. The number of ether oxygens (including phenoxy) is 2. The third-order valence-electron chi connectivity index (χ3n) is 6.17. The van der Waals surface area contributed by atoms with Crippen molar-refractivity contribution in [3.8, 4) is 5.75 Å². The van der Waals surface area contributed by atoms with Crippen molar-refractivity contribution in [2.45, 2.75) is 59.3 Å². The van der Waals surface area contributed by atoms with Gasteiger partial charge in [0.05, 0.1) is 12.5 Å². The molecule has 0 saturated carbocycles. The maximum absolute atomic E-state index is 12.5. The SMILES string of the molecule is CCCCCCCOc1ccc(/C=C/C(=O)N2CCN(CCOC(=O)C(C)CC)CC2)cc1. The van der Waals surface area contributed by atoms with Crippen molar-refractivity contribution >= 4 is 18.0 Å². The second-order valence-corrected chi connectivity index (χ2v) is 8.81. The van der Waals surface area contributed by atoms with Gasteiger partial charge in [-0.1, -0.05) is 58.6 Å². The van der Waals surface area contributed by atoms with Crippen molar-refractivity contribution in [3.05, 3.63) is 35.9 Å². The number of rotatable bonds is 14. The van der Waals surface area contributed by atoms with E-state index in [0.717, 1.165) is 43.9 Å². The van der Waals surface area contributed by atoms with Gasteiger partial charge in [0.25, 0.3) is 0 Å². The number of piperazine rings is 1. The van der Waals surface area contributed by atoms with Gasteiger partial charge in [-0.05, 0) is 36.6 Å². The van der Waals surface area contributed by atoms with Gasteiger partial charge in [0.2, 0.25) is 5.91 Å². The normalized spacial score (nSPS) is 15.5. The van der Waals surface area contributed by atoms with E-state index >= 15 is 0 Å². The summed E-state index contributed by atoms with van der Waals surface area (Å²) in [5.74, 6) is 0.735. The van der Waals surface area contributed by atoms with Crippen molar-refractivity contribution < 1.29 is 19.1 Å². The highest BCUT2D eigenvalue weighted by atomic mass is 16.5. The molecule has 1 atom stereocenters. The molecule has 1 aliphatic heterocycles. The van der Waals surface area contributed by atoms with Crippen LogP contribution in [0.5, 0.6) is 5.75 Å². The Labute approximate surface area is 199 Å². The molecule has 0 aromatic heterocycles. The van der Waals surface area contributed by atoms with E-state index in [4.69, 9.17) is 9.47 Å². The van der Waals surface area contributed by atoms with Crippen LogP contribution in [0.1, 0.15) is 64.9 Å². The minimum absolute atomic E-state index is 0.0326. The molecule has 0 radical (unpaired) electrons. The number of nitrogens with zero attached hydrogens (tertiary/aromatic N) is 2. The lowest BCUT2D eigenvalue weighted by Crippen LogP contribution is -2.49. The molecule has 184 valence electrons. The molecule has 2 rings (SSSR count). The Balaban J connectivity index is 1.64. The largest absolute Gasteiger partial charge is 0.494 e. The van der Waals surface area contributed by atoms with Crippen LogP contribution in [0, 0.1) is 5.92 Å². The maximum atomic E-state index is 12.5. The van der Waals surface area contributed by atoms with Crippen LogP contribution in [0.2, 0.25) is 0 Å². The number of unbranched alkanes of at least 4 members (excludes halogenated alkanes) is 4. The van der Waals surface area contributed by atoms with E-state index in [9.17, 15) is 9.59 Å². The number of hydrogen-bond donors (Lipinski definition) is 0. The molecule has 0 aliphatic carbocycles. The van der Waals surface area contributed by atoms with E-state index in [1.54, 1.807) is 6.08 Å². The Morgan fingerprint density at radius 2 is 1.67 bits per heavy atom. The Bertz CT molecular complexity index is 724. The summed E-state index contributed by atoms with van der Waals surface area (Å²) in [7, 11) is 0. The molecule has 1 amide bonds. The molecule has 0 bridgehead atoms. The van der Waals surface area contributed by atoms with Crippen LogP contribution in [-0.4, -0.2) is 67.6 Å². The molecule has 1 aromatic carbocycles. The molecule has 1 fully saturated rings. The molecule has 1 aliphatic rings. The first kappa shape index (κ1) is 26.9. The van der Waals surface area contributed by atoms with Gasteiger partial charge >= 0.3 is 5.97 Å². The number of hydrogen-bond acceptors (Lipinski definition) is 5. The minimum Gasteiger partial charge on any atom is -0.494 e. The first-order valence-corrected chi connectivity index (χ1v) is 12.6. The minimum atomic E-state index is -0.126. The third kappa shape index (κ3) is 10.4. The first-order valence-electron chi connectivity index (χ1n) is 12.6. The average molecular weight is 459 g/mol. The van der Waals surface area contributed by atoms with Crippen LogP contribution in [0.15, 0.2) is 30.3 Å². The molecule has 0 spiro atoms. The van der Waals surface area contributed by atoms with E-state index in [1.807, 2.05) is 49.1 Å². The summed E-state index contributed by atoms with van der Waals surface area (Å²) in [6.07, 6.45) is 10.4. The van der Waals surface area contributed by atoms with Gasteiger partial charge in [0.15, 0.2) is 0 Å². The highest BCUT2D eigenvalue weighted by molar-refractivity contribution is 5.91. The Kier molecular flexibility index (Phi) is 12.6. The van der Waals surface area contributed by atoms with Crippen LogP contribution in [0.3, 0.4) is 0 Å². The predicted molar refractivity (Wildman–Crippen MR) is 133 cm³/mol. The van der Waals surface area contributed by atoms with Crippen LogP contribution in [0.25, 0.3) is 6.08 Å². The number of amides is 1. The topological polar surface area (TPSA) is 59.1 Å². The van der Waals surface area contributed by atoms with E-state index in [-0.39, 0.29) is 17.8 Å². The number of carbonyl (C=O) groups excluding carboxylic acids is 2. The van der Waals surface area contributed by atoms with Gasteiger partial charge < -0.3 is 14.4 Å². The standard InChI is InChI=1S/C27H42N2O4/c1-4-6-7-8-9-21-32-25-13-10-24(11-14-25)12-15-26(30)29-18-16-28(17-19-29)20-22-33-27(31)23(3)5-2/h10-15,23H,4-9,16-22H2,1-3H3/b15-12+. The smallest absolute Gasteiger partial charge is 0.308 e. The molecular formula is C27H42N2O4. The van der Waals surface area contributed by atoms with Crippen molar-refractivity contribution in [1.82, 2.24) is 9.80 Å². The summed E-state index contributed by atoms with van der Waals surface area (Å²) in [5, 5.41) is 0. The molecule has 1 saturated heterocycles. The highest BCUT2D eigenvalue weighted by Gasteiger charge is 2.20. The summed E-state index contributed by atoms with van der Waals surface area (Å²) in [4.78, 5) is 28.4. The van der Waals surface area contributed by atoms with E-state index in [0.29, 0.717) is 26.2 Å². The quantitative estimate of drug-likeness (QED) is 0.228. The summed E-state index contributed by atoms with van der Waals surface area (Å²) < 4.78 is 11.1. The average Bonchev–Trinajstić information content (AvgIpc) is 2.85. The lowest BCUT2D eigenvalue weighted by molar-refractivity contribution is -0.148. The Hall–Kier alpha value is -2.34. The number of benzene rings is 1. The van der Waals surface area contributed by atoms with Gasteiger partial charge in [-0.25, -0.2) is 0 Å². The second-order valence-electron chi connectivity index (χ2n) is 8.81. The fraction of sp³-hybridized carbons (Fsp3) is 0.630. The highest BCUT2D eigenvalue weighted by Crippen LogP contribution is 2.15. The number of carbonyl (C=O) groups is 2. The molecule has 33 heavy (non-hydrogen) atoms. The summed E-state index contributed by atoms with van der Waals surface area (Å²) in [6.45, 7) is 10.9. The zero-order chi connectivity index (χ0) is 23.9. The van der Waals surface area contributed by atoms with Crippen molar-refractivity contribution in [3.63, 3.8) is 0 Å². The van der Waals surface area contributed by atoms with Gasteiger partial charge in [0, 0.05) is 38.8 Å². The van der Waals surface area contributed by atoms with Crippen molar-refractivity contribution in [2.24, 2.45) is 5.92 Å². The van der Waals surface area contributed by atoms with Gasteiger partial charge in [-0.3, -0.25) is 14.5 Å². The first-order chi connectivity index (χ1) is 16.0. The second kappa shape index (κ2) is 15.5. The molecule has 1 unspecified atom stereocenters. The predicted octanol–water partition coefficient (Wildman–Crippen LogP) is 4.78. The van der Waals surface area contributed by atoms with E-state index in [1.165, 1.54) is 25.7 Å². The Morgan fingerprint density at radius 1 is 0.970 bits per heavy atom. The van der Waals surface area contributed by atoms with Gasteiger partial charge in [-0.15, -0.1) is 0 Å². The zero-order valence-electron chi connectivity index (χ0n) is 20.8. The van der Waals surface area contributed by atoms with E-state index in [2.05, 4.69) is 11.8 Å². The fourth-order valence-electron chi connectivity index (χ4n) is 3.62. The molecule has 1 aromatic rings. The van der Waals surface area contributed by atoms with Crippen LogP contribution < -0.4 is 4.74 Å². The summed E-state index contributed by atoms with van der Waals surface area (Å²) >= 11 is 0. The van der Waals surface area contributed by atoms with Crippen LogP contribution in [-0.2, 0) is 14.3 Å². The van der Waals surface area contributed by atoms with Crippen molar-refractivity contribution in [1.29, 1.82) is 0 Å². The zero-order valence-corrected chi connectivity index (χ0v) is 20.8. The Morgan fingerprint density at radius 3 is 2.33 bits per heavy atom. The molecular weight excluding hydrogens is 416 g/mol. The van der Waals surface area contributed by atoms with Gasteiger partial charge in [0.1, 0.15) is 12.4 Å². The summed E-state index contributed by atoms with van der Waals surface area (Å²) in [6, 6.07) is 7.88. The lowest BCUT2D eigenvalue weighted by atomic mass is 10.1. The van der Waals surface area contributed by atoms with Crippen LogP contribution in [0.4, 0.5) is 0 Å². The molecule has 6 heteroatoms. The lowest BCUT2D eigenvalue weighted by Gasteiger charge is -2.34. The fourth-order valence-corrected chi connectivity index (χ4v) is 3.62. The number of esters is 1. The summed E-state index contributed by atoms with van der Waals surface area (Å²) in [5.41, 5.74) is 0.986.